The predicted molar refractivity (Wildman–Crippen MR) is 169 cm³/mol. The van der Waals surface area contributed by atoms with Crippen LogP contribution in [0.3, 0.4) is 0 Å². The third-order valence-electron chi connectivity index (χ3n) is 13.7. The molecule has 0 aromatic rings. The van der Waals surface area contributed by atoms with Gasteiger partial charge in [-0.2, -0.15) is 0 Å². The molecule has 1 amide bonds. The largest absolute Gasteiger partial charge is 0.393 e. The second-order valence-corrected chi connectivity index (χ2v) is 16.2. The van der Waals surface area contributed by atoms with Crippen LogP contribution in [0.5, 0.6) is 0 Å². The van der Waals surface area contributed by atoms with Gasteiger partial charge in [-0.1, -0.05) is 34.6 Å². The molecule has 0 bridgehead atoms. The van der Waals surface area contributed by atoms with Crippen LogP contribution in [-0.2, 0) is 14.3 Å². The average molecular weight is 589 g/mol. The molecular formula is C36H64N2O4. The number of aliphatic hydroxyl groups excluding tert-OH is 1. The number of rotatable bonds is 13. The second-order valence-electron chi connectivity index (χ2n) is 16.2. The highest BCUT2D eigenvalue weighted by Crippen LogP contribution is 2.68. The summed E-state index contributed by atoms with van der Waals surface area (Å²) in [5.41, 5.74) is 0.793. The van der Waals surface area contributed by atoms with Gasteiger partial charge in [-0.05, 0) is 136 Å². The monoisotopic (exact) mass is 588 g/mol. The molecule has 6 heteroatoms. The molecule has 242 valence electrons. The summed E-state index contributed by atoms with van der Waals surface area (Å²) < 4.78 is 12.1. The molecule has 1 saturated heterocycles. The van der Waals surface area contributed by atoms with Crippen molar-refractivity contribution < 1.29 is 19.4 Å². The van der Waals surface area contributed by atoms with E-state index in [4.69, 9.17) is 9.47 Å². The van der Waals surface area contributed by atoms with E-state index in [2.05, 4.69) is 44.8 Å². The van der Waals surface area contributed by atoms with E-state index in [1.165, 1.54) is 51.4 Å². The summed E-state index contributed by atoms with van der Waals surface area (Å²) in [6, 6.07) is 0.587. The fourth-order valence-corrected chi connectivity index (χ4v) is 11.2. The van der Waals surface area contributed by atoms with Crippen molar-refractivity contribution >= 4 is 5.91 Å². The molecule has 1 aliphatic heterocycles. The number of hydrogen-bond acceptors (Lipinski definition) is 5. The van der Waals surface area contributed by atoms with Gasteiger partial charge in [-0.15, -0.1) is 0 Å². The fraction of sp³-hybridized carbons (Fsp3) is 0.972. The van der Waals surface area contributed by atoms with Crippen LogP contribution in [-0.4, -0.2) is 67.7 Å². The van der Waals surface area contributed by atoms with Crippen molar-refractivity contribution in [2.24, 2.45) is 52.3 Å². The highest BCUT2D eigenvalue weighted by Gasteiger charge is 2.63. The maximum Gasteiger partial charge on any atom is 0.222 e. The van der Waals surface area contributed by atoms with Gasteiger partial charge in [0.15, 0.2) is 0 Å². The van der Waals surface area contributed by atoms with Gasteiger partial charge in [0, 0.05) is 32.7 Å². The lowest BCUT2D eigenvalue weighted by Gasteiger charge is -2.63. The van der Waals surface area contributed by atoms with Crippen LogP contribution in [0.1, 0.15) is 118 Å². The van der Waals surface area contributed by atoms with E-state index in [0.717, 1.165) is 69.5 Å². The zero-order chi connectivity index (χ0) is 30.1. The molecule has 4 unspecified atom stereocenters. The van der Waals surface area contributed by atoms with E-state index < -0.39 is 0 Å². The van der Waals surface area contributed by atoms with Crippen LogP contribution >= 0.6 is 0 Å². The summed E-state index contributed by atoms with van der Waals surface area (Å²) in [7, 11) is 1.77. The molecule has 6 nitrogen and oxygen atoms in total. The summed E-state index contributed by atoms with van der Waals surface area (Å²) >= 11 is 0. The van der Waals surface area contributed by atoms with Gasteiger partial charge in [0.2, 0.25) is 5.91 Å². The van der Waals surface area contributed by atoms with Gasteiger partial charge in [0.25, 0.3) is 0 Å². The van der Waals surface area contributed by atoms with Crippen LogP contribution in [0.2, 0.25) is 0 Å². The molecule has 2 N–H and O–H groups in total. The summed E-state index contributed by atoms with van der Waals surface area (Å²) in [6.07, 6.45) is 15.5. The van der Waals surface area contributed by atoms with Gasteiger partial charge in [0.05, 0.1) is 12.2 Å². The van der Waals surface area contributed by atoms with E-state index in [1.54, 1.807) is 7.11 Å². The Hall–Kier alpha value is -0.690. The minimum atomic E-state index is -0.172. The lowest BCUT2D eigenvalue weighted by molar-refractivity contribution is -0.203. The van der Waals surface area contributed by atoms with Gasteiger partial charge < -0.3 is 24.8 Å². The maximum absolute atomic E-state index is 12.0. The summed E-state index contributed by atoms with van der Waals surface area (Å²) in [5, 5.41) is 14.4. The molecule has 11 atom stereocenters. The lowest BCUT2D eigenvalue weighted by atomic mass is 9.43. The first-order valence-corrected chi connectivity index (χ1v) is 17.9. The standard InChI is InChI=1S/C36H64N2O4/c1-24(2)31(39)13-10-25(3)28-11-12-29-34-30(15-17-36(28,29)5)35(4)16-14-27(21-26(35)22-32(34)42-23-41-6)37-18-8-20-38-19-7-9-33(38)40/h24-32,34,37,39H,7-23H2,1-6H3/t25-,26-,27+,28-,29?,30?,31-,32?,34?,35+,36-/m1/s1. The molecule has 0 spiro atoms. The Kier molecular flexibility index (Phi) is 10.7. The maximum atomic E-state index is 12.0. The number of methoxy groups -OCH3 is 1. The Morgan fingerprint density at radius 1 is 1.02 bits per heavy atom. The third kappa shape index (κ3) is 6.49. The van der Waals surface area contributed by atoms with Crippen molar-refractivity contribution in [3.63, 3.8) is 0 Å². The SMILES string of the molecule is COCOC1C[C@H]2C[C@@H](NCCCN3CCCC3=O)CC[C@]2(C)C2CC[C@@]3(C)C(CC[C@@H]3[C@H](C)CC[C@@H](O)C(C)C)C12. The minimum Gasteiger partial charge on any atom is -0.393 e. The van der Waals surface area contributed by atoms with Crippen LogP contribution in [0, 0.1) is 52.3 Å². The van der Waals surface area contributed by atoms with E-state index in [9.17, 15) is 9.90 Å². The first-order chi connectivity index (χ1) is 20.1. The van der Waals surface area contributed by atoms with Crippen molar-refractivity contribution in [1.82, 2.24) is 10.2 Å². The van der Waals surface area contributed by atoms with Crippen molar-refractivity contribution in [3.05, 3.63) is 0 Å². The van der Waals surface area contributed by atoms with Crippen molar-refractivity contribution in [2.75, 3.05) is 33.5 Å². The highest BCUT2D eigenvalue weighted by molar-refractivity contribution is 5.77. The molecule has 5 aliphatic rings. The van der Waals surface area contributed by atoms with E-state index in [-0.39, 0.29) is 6.10 Å². The third-order valence-corrected chi connectivity index (χ3v) is 13.7. The summed E-state index contributed by atoms with van der Waals surface area (Å²) in [6.45, 7) is 15.3. The quantitative estimate of drug-likeness (QED) is 0.186. The average Bonchev–Trinajstić information content (AvgIpc) is 3.54. The van der Waals surface area contributed by atoms with E-state index in [0.29, 0.717) is 59.3 Å². The minimum absolute atomic E-state index is 0.172. The molecular weight excluding hydrogens is 524 g/mol. The number of hydrogen-bond donors (Lipinski definition) is 2. The van der Waals surface area contributed by atoms with Crippen LogP contribution < -0.4 is 5.32 Å². The molecule has 4 aliphatic carbocycles. The molecule has 4 saturated carbocycles. The molecule has 1 heterocycles. The number of fused-ring (bicyclic) bond motifs is 5. The first-order valence-electron chi connectivity index (χ1n) is 17.9. The Labute approximate surface area is 257 Å². The number of aliphatic hydroxyl groups is 1. The van der Waals surface area contributed by atoms with Crippen molar-refractivity contribution in [1.29, 1.82) is 0 Å². The Bertz CT molecular complexity index is 898. The Balaban J connectivity index is 1.23. The zero-order valence-electron chi connectivity index (χ0n) is 27.9. The summed E-state index contributed by atoms with van der Waals surface area (Å²) in [4.78, 5) is 14.0. The van der Waals surface area contributed by atoms with Crippen LogP contribution in [0.25, 0.3) is 0 Å². The van der Waals surface area contributed by atoms with Gasteiger partial charge >= 0.3 is 0 Å². The van der Waals surface area contributed by atoms with Gasteiger partial charge in [-0.3, -0.25) is 4.79 Å². The van der Waals surface area contributed by atoms with Gasteiger partial charge in [-0.25, -0.2) is 0 Å². The van der Waals surface area contributed by atoms with E-state index in [1.807, 2.05) is 0 Å². The number of nitrogens with zero attached hydrogens (tertiary/aromatic N) is 1. The molecule has 0 aromatic heterocycles. The van der Waals surface area contributed by atoms with E-state index >= 15 is 0 Å². The van der Waals surface area contributed by atoms with Crippen molar-refractivity contribution in [2.45, 2.75) is 136 Å². The number of likely N-dealkylation sites (tertiary alicyclic amines) is 1. The number of ether oxygens (including phenoxy) is 2. The Morgan fingerprint density at radius 3 is 2.50 bits per heavy atom. The van der Waals surface area contributed by atoms with Gasteiger partial charge in [0.1, 0.15) is 6.79 Å². The topological polar surface area (TPSA) is 71.0 Å². The smallest absolute Gasteiger partial charge is 0.222 e. The highest BCUT2D eigenvalue weighted by atomic mass is 16.7. The molecule has 42 heavy (non-hydrogen) atoms. The number of amides is 1. The first kappa shape index (κ1) is 32.7. The number of carbonyl (C=O) groups excluding carboxylic acids is 1. The predicted octanol–water partition coefficient (Wildman–Crippen LogP) is 6.65. The van der Waals surface area contributed by atoms with Crippen molar-refractivity contribution in [3.8, 4) is 0 Å². The number of nitrogens with one attached hydrogen (secondary N) is 1. The second kappa shape index (κ2) is 13.7. The number of carbonyl (C=O) groups is 1. The zero-order valence-corrected chi connectivity index (χ0v) is 27.9. The van der Waals surface area contributed by atoms with Crippen LogP contribution in [0.15, 0.2) is 0 Å². The fourth-order valence-electron chi connectivity index (χ4n) is 11.2. The lowest BCUT2D eigenvalue weighted by Crippen LogP contribution is -2.60. The molecule has 5 fully saturated rings. The normalized spacial score (nSPS) is 41.5. The summed E-state index contributed by atoms with van der Waals surface area (Å²) in [5.74, 6) is 4.94. The molecule has 0 aromatic carbocycles. The molecule has 5 rings (SSSR count). The Morgan fingerprint density at radius 2 is 1.79 bits per heavy atom. The molecule has 0 radical (unpaired) electrons. The van der Waals surface area contributed by atoms with Crippen LogP contribution in [0.4, 0.5) is 0 Å².